The van der Waals surface area contributed by atoms with Gasteiger partial charge in [0.1, 0.15) is 5.75 Å². The van der Waals surface area contributed by atoms with Crippen LogP contribution in [-0.4, -0.2) is 25.1 Å². The number of carbonyl (C=O) groups excluding carboxylic acids is 2. The van der Waals surface area contributed by atoms with Gasteiger partial charge in [0, 0.05) is 11.8 Å². The van der Waals surface area contributed by atoms with Crippen LogP contribution in [-0.2, 0) is 4.79 Å². The zero-order valence-electron chi connectivity index (χ0n) is 12.2. The molecule has 0 aliphatic rings. The summed E-state index contributed by atoms with van der Waals surface area (Å²) in [6.45, 7) is 3.73. The highest BCUT2D eigenvalue weighted by molar-refractivity contribution is 5.96. The van der Waals surface area contributed by atoms with E-state index in [1.807, 2.05) is 13.8 Å². The summed E-state index contributed by atoms with van der Waals surface area (Å²) in [5.74, 6) is 0.144. The highest BCUT2D eigenvalue weighted by Crippen LogP contribution is 2.27. The standard InChI is InChI=1S/C13H20N4O3.ClH/c1-7(2)11(14)12(18)16-8-4-5-9(17-13(15)19)10(6-8)20-3;/h4-7,11H,14H2,1-3H3,(H,16,18)(H3,15,17,19);1H/t11-;/m0./s1. The Morgan fingerprint density at radius 2 is 1.86 bits per heavy atom. The van der Waals surface area contributed by atoms with Crippen LogP contribution in [0, 0.1) is 5.92 Å². The van der Waals surface area contributed by atoms with Crippen LogP contribution in [0.25, 0.3) is 0 Å². The van der Waals surface area contributed by atoms with E-state index in [1.165, 1.54) is 7.11 Å². The Labute approximate surface area is 129 Å². The lowest BCUT2D eigenvalue weighted by atomic mass is 10.0. The molecule has 0 aliphatic carbocycles. The molecule has 0 saturated heterocycles. The van der Waals surface area contributed by atoms with Crippen molar-refractivity contribution in [3.8, 4) is 5.75 Å². The number of amides is 3. The maximum absolute atomic E-state index is 11.8. The number of primary amides is 1. The Balaban J connectivity index is 0.00000400. The van der Waals surface area contributed by atoms with Crippen LogP contribution in [0.3, 0.4) is 0 Å². The van der Waals surface area contributed by atoms with Crippen LogP contribution in [0.4, 0.5) is 16.2 Å². The van der Waals surface area contributed by atoms with Gasteiger partial charge in [0.15, 0.2) is 0 Å². The Bertz CT molecular complexity index is 508. The number of methoxy groups -OCH3 is 1. The first-order valence-electron chi connectivity index (χ1n) is 6.16. The average Bonchev–Trinajstić information content (AvgIpc) is 2.38. The van der Waals surface area contributed by atoms with Gasteiger partial charge in [-0.1, -0.05) is 13.8 Å². The second-order valence-electron chi connectivity index (χ2n) is 4.66. The van der Waals surface area contributed by atoms with E-state index in [4.69, 9.17) is 16.2 Å². The molecule has 0 saturated carbocycles. The number of nitrogens with two attached hydrogens (primary N) is 2. The molecule has 0 unspecified atom stereocenters. The van der Waals surface area contributed by atoms with E-state index in [0.29, 0.717) is 17.1 Å². The summed E-state index contributed by atoms with van der Waals surface area (Å²) in [4.78, 5) is 22.7. The van der Waals surface area contributed by atoms with Crippen molar-refractivity contribution in [1.82, 2.24) is 0 Å². The lowest BCUT2D eigenvalue weighted by Gasteiger charge is -2.16. The topological polar surface area (TPSA) is 119 Å². The monoisotopic (exact) mass is 316 g/mol. The van der Waals surface area contributed by atoms with E-state index >= 15 is 0 Å². The lowest BCUT2D eigenvalue weighted by molar-refractivity contribution is -0.118. The summed E-state index contributed by atoms with van der Waals surface area (Å²) in [6, 6.07) is 3.50. The van der Waals surface area contributed by atoms with Crippen LogP contribution in [0.5, 0.6) is 5.75 Å². The number of urea groups is 1. The predicted octanol–water partition coefficient (Wildman–Crippen LogP) is 1.53. The van der Waals surface area contributed by atoms with Gasteiger partial charge in [0.05, 0.1) is 18.8 Å². The molecule has 0 aromatic heterocycles. The van der Waals surface area contributed by atoms with Gasteiger partial charge in [-0.3, -0.25) is 4.79 Å². The normalized spacial score (nSPS) is 11.3. The molecule has 3 amide bonds. The minimum absolute atomic E-state index is 0. The van der Waals surface area contributed by atoms with Crippen molar-refractivity contribution in [3.63, 3.8) is 0 Å². The Morgan fingerprint density at radius 3 is 2.33 bits per heavy atom. The fraction of sp³-hybridized carbons (Fsp3) is 0.385. The molecule has 1 rings (SSSR count). The zero-order chi connectivity index (χ0) is 15.3. The molecule has 7 nitrogen and oxygen atoms in total. The van der Waals surface area contributed by atoms with Crippen molar-refractivity contribution in [2.45, 2.75) is 19.9 Å². The molecule has 0 radical (unpaired) electrons. The minimum atomic E-state index is -0.693. The SMILES string of the molecule is COc1cc(NC(=O)[C@@H](N)C(C)C)ccc1NC(N)=O.Cl. The van der Waals surface area contributed by atoms with Crippen molar-refractivity contribution in [2.75, 3.05) is 17.7 Å². The molecule has 0 fully saturated rings. The third kappa shape index (κ3) is 5.49. The van der Waals surface area contributed by atoms with Gasteiger partial charge in [0.2, 0.25) is 5.91 Å². The zero-order valence-corrected chi connectivity index (χ0v) is 13.0. The second-order valence-corrected chi connectivity index (χ2v) is 4.66. The summed E-state index contributed by atoms with van der Waals surface area (Å²) in [7, 11) is 1.45. The van der Waals surface area contributed by atoms with Crippen LogP contribution in [0.1, 0.15) is 13.8 Å². The van der Waals surface area contributed by atoms with E-state index in [0.717, 1.165) is 0 Å². The molecule has 1 aromatic rings. The number of carbonyl (C=O) groups is 2. The van der Waals surface area contributed by atoms with E-state index < -0.39 is 12.1 Å². The first kappa shape index (κ1) is 19.0. The van der Waals surface area contributed by atoms with Crippen molar-refractivity contribution in [1.29, 1.82) is 0 Å². The number of benzene rings is 1. The highest BCUT2D eigenvalue weighted by Gasteiger charge is 2.17. The average molecular weight is 317 g/mol. The molecule has 0 spiro atoms. The van der Waals surface area contributed by atoms with E-state index in [-0.39, 0.29) is 24.2 Å². The molecule has 118 valence electrons. The molecule has 1 aromatic carbocycles. The molecule has 21 heavy (non-hydrogen) atoms. The van der Waals surface area contributed by atoms with Gasteiger partial charge >= 0.3 is 6.03 Å². The Hall–Kier alpha value is -1.99. The van der Waals surface area contributed by atoms with E-state index in [9.17, 15) is 9.59 Å². The first-order valence-corrected chi connectivity index (χ1v) is 6.16. The largest absolute Gasteiger partial charge is 0.494 e. The fourth-order valence-corrected chi connectivity index (χ4v) is 1.53. The third-order valence-corrected chi connectivity index (χ3v) is 2.75. The Kier molecular flexibility index (Phi) is 7.54. The number of anilines is 2. The lowest BCUT2D eigenvalue weighted by Crippen LogP contribution is -2.39. The predicted molar refractivity (Wildman–Crippen MR) is 84.9 cm³/mol. The van der Waals surface area contributed by atoms with Crippen molar-refractivity contribution in [3.05, 3.63) is 18.2 Å². The maximum atomic E-state index is 11.8. The number of hydrogen-bond donors (Lipinski definition) is 4. The molecular weight excluding hydrogens is 296 g/mol. The van der Waals surface area contributed by atoms with Gasteiger partial charge < -0.3 is 26.8 Å². The van der Waals surface area contributed by atoms with Crippen LogP contribution in [0.15, 0.2) is 18.2 Å². The molecule has 0 bridgehead atoms. The van der Waals surface area contributed by atoms with Crippen LogP contribution >= 0.6 is 12.4 Å². The first-order chi connectivity index (χ1) is 9.35. The van der Waals surface area contributed by atoms with Crippen LogP contribution in [0.2, 0.25) is 0 Å². The van der Waals surface area contributed by atoms with Gasteiger partial charge in [0.25, 0.3) is 0 Å². The fourth-order valence-electron chi connectivity index (χ4n) is 1.53. The molecule has 0 heterocycles. The highest BCUT2D eigenvalue weighted by atomic mass is 35.5. The third-order valence-electron chi connectivity index (χ3n) is 2.75. The van der Waals surface area contributed by atoms with Gasteiger partial charge in [-0.25, -0.2) is 4.79 Å². The van der Waals surface area contributed by atoms with Crippen LogP contribution < -0.4 is 26.8 Å². The summed E-state index contributed by atoms with van der Waals surface area (Å²) in [5, 5.41) is 5.11. The van der Waals surface area contributed by atoms with Gasteiger partial charge in [-0.15, -0.1) is 12.4 Å². The number of hydrogen-bond acceptors (Lipinski definition) is 4. The number of halogens is 1. The van der Waals surface area contributed by atoms with Gasteiger partial charge in [-0.05, 0) is 18.1 Å². The number of nitrogens with one attached hydrogen (secondary N) is 2. The molecule has 0 aliphatic heterocycles. The number of ether oxygens (including phenoxy) is 1. The van der Waals surface area contributed by atoms with Crippen molar-refractivity contribution >= 4 is 35.7 Å². The second kappa shape index (κ2) is 8.33. The summed E-state index contributed by atoms with van der Waals surface area (Å²) < 4.78 is 5.12. The summed E-state index contributed by atoms with van der Waals surface area (Å²) >= 11 is 0. The quantitative estimate of drug-likeness (QED) is 0.658. The maximum Gasteiger partial charge on any atom is 0.316 e. The molecule has 1 atom stereocenters. The smallest absolute Gasteiger partial charge is 0.316 e. The summed E-state index contributed by atoms with van der Waals surface area (Å²) in [6.07, 6.45) is 0. The van der Waals surface area contributed by atoms with Crippen molar-refractivity contribution < 1.29 is 14.3 Å². The molecule has 6 N–H and O–H groups in total. The molecular formula is C13H21ClN4O3. The molecule has 8 heteroatoms. The Morgan fingerprint density at radius 1 is 1.24 bits per heavy atom. The van der Waals surface area contributed by atoms with Gasteiger partial charge in [-0.2, -0.15) is 0 Å². The minimum Gasteiger partial charge on any atom is -0.494 e. The number of rotatable bonds is 5. The summed E-state index contributed by atoms with van der Waals surface area (Å²) in [5.41, 5.74) is 11.8. The van der Waals surface area contributed by atoms with E-state index in [1.54, 1.807) is 18.2 Å². The van der Waals surface area contributed by atoms with Crippen molar-refractivity contribution in [2.24, 2.45) is 17.4 Å². The van der Waals surface area contributed by atoms with E-state index in [2.05, 4.69) is 10.6 Å².